The van der Waals surface area contributed by atoms with E-state index < -0.39 is 0 Å². The quantitative estimate of drug-likeness (QED) is 0.908. The van der Waals surface area contributed by atoms with Gasteiger partial charge in [0.15, 0.2) is 0 Å². The van der Waals surface area contributed by atoms with E-state index >= 15 is 0 Å². The topological polar surface area (TPSA) is 53.4 Å². The maximum Gasteiger partial charge on any atom is 0.272 e. The highest BCUT2D eigenvalue weighted by Gasteiger charge is 2.29. The number of hydrogen-bond acceptors (Lipinski definition) is 3. The molecule has 2 heterocycles. The van der Waals surface area contributed by atoms with Gasteiger partial charge in [-0.25, -0.2) is 0 Å². The predicted octanol–water partition coefficient (Wildman–Crippen LogP) is 2.16. The number of carbonyl (C=O) groups is 1. The molecule has 0 spiro atoms. The van der Waals surface area contributed by atoms with Gasteiger partial charge in [-0.3, -0.25) is 9.78 Å². The number of amides is 1. The van der Waals surface area contributed by atoms with Crippen LogP contribution in [0.4, 0.5) is 0 Å². The van der Waals surface area contributed by atoms with Gasteiger partial charge in [0.2, 0.25) is 0 Å². The molecule has 19 heavy (non-hydrogen) atoms. The number of hydrogen-bond donors (Lipinski definition) is 1. The minimum atomic E-state index is -0.372. The molecule has 2 atom stereocenters. The molecule has 1 amide bonds. The Bertz CT molecular complexity index is 446. The number of aromatic nitrogens is 1. The first-order chi connectivity index (χ1) is 9.09. The molecule has 0 bridgehead atoms. The number of aliphatic hydroxyl groups excluding tert-OH is 1. The Morgan fingerprint density at radius 3 is 3.05 bits per heavy atom. The van der Waals surface area contributed by atoms with E-state index in [4.69, 9.17) is 0 Å². The smallest absolute Gasteiger partial charge is 0.272 e. The standard InChI is InChI=1S/C15H22N2O2/c1-11-6-5-8-16-14(11)15(19)17-9-4-3-7-13(17)10-12(2)18/h5-6,8,12-13,18H,3-4,7,9-10H2,1-2H3. The first-order valence-corrected chi connectivity index (χ1v) is 7.00. The minimum absolute atomic E-state index is 0.00319. The Hall–Kier alpha value is -1.42. The van der Waals surface area contributed by atoms with Gasteiger partial charge in [0.1, 0.15) is 5.69 Å². The zero-order valence-corrected chi connectivity index (χ0v) is 11.7. The van der Waals surface area contributed by atoms with Crippen LogP contribution in [0.2, 0.25) is 0 Å². The van der Waals surface area contributed by atoms with Gasteiger partial charge in [-0.1, -0.05) is 6.07 Å². The zero-order chi connectivity index (χ0) is 13.8. The van der Waals surface area contributed by atoms with Crippen LogP contribution in [0.15, 0.2) is 18.3 Å². The summed E-state index contributed by atoms with van der Waals surface area (Å²) in [4.78, 5) is 18.7. The van der Waals surface area contributed by atoms with Crippen molar-refractivity contribution in [3.8, 4) is 0 Å². The predicted molar refractivity (Wildman–Crippen MR) is 73.9 cm³/mol. The molecule has 1 aliphatic heterocycles. The second kappa shape index (κ2) is 6.15. The molecular weight excluding hydrogens is 240 g/mol. The molecule has 0 aromatic carbocycles. The van der Waals surface area contributed by atoms with Crippen LogP contribution in [0.3, 0.4) is 0 Å². The van der Waals surface area contributed by atoms with E-state index in [1.165, 1.54) is 0 Å². The van der Waals surface area contributed by atoms with Crippen LogP contribution >= 0.6 is 0 Å². The van der Waals surface area contributed by atoms with E-state index in [0.29, 0.717) is 12.1 Å². The van der Waals surface area contributed by atoms with Crippen molar-refractivity contribution in [3.05, 3.63) is 29.6 Å². The van der Waals surface area contributed by atoms with Crippen LogP contribution in [0.5, 0.6) is 0 Å². The molecule has 0 aliphatic carbocycles. The average molecular weight is 262 g/mol. The summed E-state index contributed by atoms with van der Waals surface area (Å²) < 4.78 is 0. The Morgan fingerprint density at radius 1 is 1.58 bits per heavy atom. The highest BCUT2D eigenvalue weighted by atomic mass is 16.3. The molecule has 0 radical (unpaired) electrons. The van der Waals surface area contributed by atoms with E-state index in [-0.39, 0.29) is 18.1 Å². The summed E-state index contributed by atoms with van der Waals surface area (Å²) in [5.74, 6) is 0.00319. The van der Waals surface area contributed by atoms with Gasteiger partial charge in [-0.15, -0.1) is 0 Å². The fourth-order valence-corrected chi connectivity index (χ4v) is 2.75. The molecule has 1 fully saturated rings. The maximum atomic E-state index is 12.6. The molecule has 104 valence electrons. The van der Waals surface area contributed by atoms with Crippen molar-refractivity contribution in [2.24, 2.45) is 0 Å². The van der Waals surface area contributed by atoms with Crippen molar-refractivity contribution >= 4 is 5.91 Å². The molecule has 1 aromatic heterocycles. The lowest BCUT2D eigenvalue weighted by Crippen LogP contribution is -2.45. The summed E-state index contributed by atoms with van der Waals surface area (Å²) >= 11 is 0. The lowest BCUT2D eigenvalue weighted by atomic mass is 9.96. The summed E-state index contributed by atoms with van der Waals surface area (Å²) in [5.41, 5.74) is 1.45. The maximum absolute atomic E-state index is 12.6. The number of nitrogens with zero attached hydrogens (tertiary/aromatic N) is 2. The second-order valence-corrected chi connectivity index (χ2v) is 5.40. The fraction of sp³-hybridized carbons (Fsp3) is 0.600. The summed E-state index contributed by atoms with van der Waals surface area (Å²) in [7, 11) is 0. The molecule has 1 saturated heterocycles. The Morgan fingerprint density at radius 2 is 2.37 bits per heavy atom. The SMILES string of the molecule is Cc1cccnc1C(=O)N1CCCCC1CC(C)O. The largest absolute Gasteiger partial charge is 0.393 e. The Kier molecular flexibility index (Phi) is 4.53. The first kappa shape index (κ1) is 14.0. The third kappa shape index (κ3) is 3.32. The zero-order valence-electron chi connectivity index (χ0n) is 11.7. The summed E-state index contributed by atoms with van der Waals surface area (Å²) in [6.07, 6.45) is 5.08. The Balaban J connectivity index is 2.18. The number of aryl methyl sites for hydroxylation is 1. The van der Waals surface area contributed by atoms with E-state index in [9.17, 15) is 9.90 Å². The minimum Gasteiger partial charge on any atom is -0.393 e. The first-order valence-electron chi connectivity index (χ1n) is 7.00. The van der Waals surface area contributed by atoms with Gasteiger partial charge >= 0.3 is 0 Å². The van der Waals surface area contributed by atoms with Crippen LogP contribution in [0, 0.1) is 6.92 Å². The number of aliphatic hydroxyl groups is 1. The van der Waals surface area contributed by atoms with Crippen molar-refractivity contribution in [2.75, 3.05) is 6.54 Å². The third-order valence-electron chi connectivity index (χ3n) is 3.71. The number of carbonyl (C=O) groups excluding carboxylic acids is 1. The van der Waals surface area contributed by atoms with E-state index in [2.05, 4.69) is 4.98 Å². The van der Waals surface area contributed by atoms with Gasteiger partial charge in [0, 0.05) is 18.8 Å². The van der Waals surface area contributed by atoms with Crippen LogP contribution in [0.25, 0.3) is 0 Å². The lowest BCUT2D eigenvalue weighted by Gasteiger charge is -2.36. The molecule has 1 aromatic rings. The molecule has 0 saturated carbocycles. The van der Waals surface area contributed by atoms with Crippen molar-refractivity contribution in [3.63, 3.8) is 0 Å². The molecule has 4 nitrogen and oxygen atoms in total. The summed E-state index contributed by atoms with van der Waals surface area (Å²) in [5, 5.41) is 9.58. The molecular formula is C15H22N2O2. The van der Waals surface area contributed by atoms with E-state index in [1.807, 2.05) is 24.0 Å². The molecule has 2 rings (SSSR count). The molecule has 2 unspecified atom stereocenters. The number of piperidine rings is 1. The number of rotatable bonds is 3. The highest BCUT2D eigenvalue weighted by Crippen LogP contribution is 2.23. The normalized spacial score (nSPS) is 21.2. The van der Waals surface area contributed by atoms with E-state index in [1.54, 1.807) is 13.1 Å². The fourth-order valence-electron chi connectivity index (χ4n) is 2.75. The second-order valence-electron chi connectivity index (χ2n) is 5.40. The van der Waals surface area contributed by atoms with Crippen LogP contribution in [-0.2, 0) is 0 Å². The van der Waals surface area contributed by atoms with Crippen LogP contribution in [0.1, 0.15) is 48.7 Å². The molecule has 4 heteroatoms. The summed E-state index contributed by atoms with van der Waals surface area (Å²) in [6, 6.07) is 3.89. The Labute approximate surface area is 114 Å². The number of likely N-dealkylation sites (tertiary alicyclic amines) is 1. The lowest BCUT2D eigenvalue weighted by molar-refractivity contribution is 0.0508. The highest BCUT2D eigenvalue weighted by molar-refractivity contribution is 5.93. The van der Waals surface area contributed by atoms with Gasteiger partial charge < -0.3 is 10.0 Å². The third-order valence-corrected chi connectivity index (χ3v) is 3.71. The van der Waals surface area contributed by atoms with Crippen molar-refractivity contribution < 1.29 is 9.90 Å². The number of pyridine rings is 1. The summed E-state index contributed by atoms with van der Waals surface area (Å²) in [6.45, 7) is 4.46. The monoisotopic (exact) mass is 262 g/mol. The average Bonchev–Trinajstić information content (AvgIpc) is 2.38. The van der Waals surface area contributed by atoms with Gasteiger partial charge in [-0.05, 0) is 51.2 Å². The van der Waals surface area contributed by atoms with Gasteiger partial charge in [0.05, 0.1) is 6.10 Å². The van der Waals surface area contributed by atoms with Crippen LogP contribution < -0.4 is 0 Å². The molecule has 1 aliphatic rings. The van der Waals surface area contributed by atoms with E-state index in [0.717, 1.165) is 31.4 Å². The van der Waals surface area contributed by atoms with Gasteiger partial charge in [0.25, 0.3) is 5.91 Å². The van der Waals surface area contributed by atoms with Gasteiger partial charge in [-0.2, -0.15) is 0 Å². The van der Waals surface area contributed by atoms with Crippen LogP contribution in [-0.4, -0.2) is 39.6 Å². The van der Waals surface area contributed by atoms with Crippen molar-refractivity contribution in [2.45, 2.75) is 51.7 Å². The van der Waals surface area contributed by atoms with Crippen molar-refractivity contribution in [1.29, 1.82) is 0 Å². The molecule has 1 N–H and O–H groups in total. The van der Waals surface area contributed by atoms with Crippen molar-refractivity contribution in [1.82, 2.24) is 9.88 Å².